The Kier molecular flexibility index (Phi) is 5.03. The number of quaternary nitrogens is 1. The number of hydrogen-bond acceptors (Lipinski definition) is 4. The standard InChI is InChI=1S/C22H23N5S2/c1-16-7-2-4-10-19(16)26-14-23-27(22(26)28)15-25-12-6-8-17(13-25)21-24-18-9-3-5-11-20(18)29-21/h2-5,7,9-11,14,17H,6,8,12-13,15H2,1H3/p+1/t17-/m0/s1. The Morgan fingerprint density at radius 3 is 2.86 bits per heavy atom. The van der Waals surface area contributed by atoms with Gasteiger partial charge in [-0.05, 0) is 55.7 Å². The lowest BCUT2D eigenvalue weighted by atomic mass is 9.99. The number of thiazole rings is 1. The van der Waals surface area contributed by atoms with Gasteiger partial charge in [0.15, 0.2) is 6.67 Å². The van der Waals surface area contributed by atoms with E-state index in [0.717, 1.165) is 35.7 Å². The fourth-order valence-electron chi connectivity index (χ4n) is 4.23. The summed E-state index contributed by atoms with van der Waals surface area (Å²) in [6.45, 7) is 5.14. The van der Waals surface area contributed by atoms with Gasteiger partial charge in [0.1, 0.15) is 11.3 Å². The first kappa shape index (κ1) is 18.7. The van der Waals surface area contributed by atoms with E-state index in [0.29, 0.717) is 5.92 Å². The third-order valence-corrected chi connectivity index (χ3v) is 7.37. The van der Waals surface area contributed by atoms with Crippen LogP contribution in [0.5, 0.6) is 0 Å². The molecule has 7 heteroatoms. The summed E-state index contributed by atoms with van der Waals surface area (Å²) in [6, 6.07) is 16.7. The van der Waals surface area contributed by atoms with Gasteiger partial charge in [-0.2, -0.15) is 9.78 Å². The van der Waals surface area contributed by atoms with Gasteiger partial charge in [0.25, 0.3) is 0 Å². The van der Waals surface area contributed by atoms with E-state index in [2.05, 4.69) is 48.4 Å². The van der Waals surface area contributed by atoms with E-state index in [1.54, 1.807) is 0 Å². The van der Waals surface area contributed by atoms with Gasteiger partial charge in [-0.25, -0.2) is 4.98 Å². The number of piperidine rings is 1. The lowest BCUT2D eigenvalue weighted by Gasteiger charge is -2.28. The molecule has 1 aliphatic rings. The summed E-state index contributed by atoms with van der Waals surface area (Å²) in [6.07, 6.45) is 4.27. The molecule has 1 N–H and O–H groups in total. The van der Waals surface area contributed by atoms with Crippen molar-refractivity contribution in [3.63, 3.8) is 0 Å². The first-order valence-electron chi connectivity index (χ1n) is 10.1. The minimum atomic E-state index is 0.517. The van der Waals surface area contributed by atoms with E-state index in [1.807, 2.05) is 39.0 Å². The van der Waals surface area contributed by atoms with Crippen LogP contribution in [-0.4, -0.2) is 32.4 Å². The predicted molar refractivity (Wildman–Crippen MR) is 119 cm³/mol. The third kappa shape index (κ3) is 3.66. The van der Waals surface area contributed by atoms with Gasteiger partial charge in [0, 0.05) is 0 Å². The SMILES string of the molecule is Cc1ccccc1-n1cnn(C[NH+]2CCC[C@H](c3nc4ccccc4s3)C2)c1=S. The van der Waals surface area contributed by atoms with Crippen LogP contribution in [0.4, 0.5) is 0 Å². The lowest BCUT2D eigenvalue weighted by molar-refractivity contribution is -0.929. The molecule has 29 heavy (non-hydrogen) atoms. The van der Waals surface area contributed by atoms with Gasteiger partial charge >= 0.3 is 0 Å². The molecule has 2 aromatic heterocycles. The fraction of sp³-hybridized carbons (Fsp3) is 0.318. The van der Waals surface area contributed by atoms with Crippen molar-refractivity contribution in [1.82, 2.24) is 19.3 Å². The number of likely N-dealkylation sites (tertiary alicyclic amines) is 1. The second kappa shape index (κ2) is 7.82. The number of nitrogens with zero attached hydrogens (tertiary/aromatic N) is 4. The first-order valence-corrected chi connectivity index (χ1v) is 11.3. The topological polar surface area (TPSA) is 40.1 Å². The average molecular weight is 423 g/mol. The van der Waals surface area contributed by atoms with Gasteiger partial charge in [-0.1, -0.05) is 30.3 Å². The smallest absolute Gasteiger partial charge is 0.207 e. The van der Waals surface area contributed by atoms with Gasteiger partial charge in [-0.3, -0.25) is 4.57 Å². The highest BCUT2D eigenvalue weighted by Gasteiger charge is 2.27. The third-order valence-electron chi connectivity index (χ3n) is 5.76. The summed E-state index contributed by atoms with van der Waals surface area (Å²) in [5, 5.41) is 5.88. The zero-order valence-electron chi connectivity index (χ0n) is 16.4. The number of aromatic nitrogens is 4. The van der Waals surface area contributed by atoms with Crippen molar-refractivity contribution in [2.24, 2.45) is 0 Å². The monoisotopic (exact) mass is 422 g/mol. The molecule has 0 spiro atoms. The van der Waals surface area contributed by atoms with Crippen molar-refractivity contribution >= 4 is 33.8 Å². The van der Waals surface area contributed by atoms with Crippen molar-refractivity contribution in [2.45, 2.75) is 32.4 Å². The van der Waals surface area contributed by atoms with Crippen LogP contribution in [0, 0.1) is 11.7 Å². The van der Waals surface area contributed by atoms with Crippen LogP contribution in [0.15, 0.2) is 54.9 Å². The molecule has 1 unspecified atom stereocenters. The van der Waals surface area contributed by atoms with E-state index in [9.17, 15) is 0 Å². The summed E-state index contributed by atoms with van der Waals surface area (Å²) in [5.41, 5.74) is 3.42. The lowest BCUT2D eigenvalue weighted by Crippen LogP contribution is -3.12. The van der Waals surface area contributed by atoms with Crippen molar-refractivity contribution in [3.05, 3.63) is 70.2 Å². The Morgan fingerprint density at radius 2 is 2.00 bits per heavy atom. The van der Waals surface area contributed by atoms with Crippen molar-refractivity contribution in [1.29, 1.82) is 0 Å². The number of benzene rings is 2. The second-order valence-corrected chi connectivity index (χ2v) is 9.22. The molecule has 0 amide bonds. The highest BCUT2D eigenvalue weighted by atomic mass is 32.1. The van der Waals surface area contributed by atoms with Crippen LogP contribution in [0.25, 0.3) is 15.9 Å². The molecule has 3 heterocycles. The fourth-order valence-corrected chi connectivity index (χ4v) is 5.59. The molecular formula is C22H24N5S2+. The first-order chi connectivity index (χ1) is 14.2. The summed E-state index contributed by atoms with van der Waals surface area (Å²) >= 11 is 7.59. The predicted octanol–water partition coefficient (Wildman–Crippen LogP) is 3.74. The van der Waals surface area contributed by atoms with Crippen LogP contribution in [0.2, 0.25) is 0 Å². The molecule has 5 rings (SSSR count). The highest BCUT2D eigenvalue weighted by Crippen LogP contribution is 2.30. The Labute approximate surface area is 179 Å². The van der Waals surface area contributed by atoms with Crippen LogP contribution < -0.4 is 4.90 Å². The number of hydrogen-bond donors (Lipinski definition) is 1. The number of aryl methyl sites for hydroxylation is 1. The summed E-state index contributed by atoms with van der Waals surface area (Å²) < 4.78 is 6.03. The minimum Gasteiger partial charge on any atom is -0.316 e. The summed E-state index contributed by atoms with van der Waals surface area (Å²) in [7, 11) is 0. The Morgan fingerprint density at radius 1 is 1.17 bits per heavy atom. The largest absolute Gasteiger partial charge is 0.316 e. The highest BCUT2D eigenvalue weighted by molar-refractivity contribution is 7.71. The van der Waals surface area contributed by atoms with Crippen molar-refractivity contribution in [3.8, 4) is 5.69 Å². The van der Waals surface area contributed by atoms with Gasteiger partial charge in [-0.15, -0.1) is 11.3 Å². The number of nitrogens with one attached hydrogen (secondary N) is 1. The molecule has 2 atom stereocenters. The van der Waals surface area contributed by atoms with E-state index in [1.165, 1.54) is 33.0 Å². The van der Waals surface area contributed by atoms with Gasteiger partial charge < -0.3 is 4.90 Å². The molecule has 0 saturated carbocycles. The Balaban J connectivity index is 1.35. The maximum atomic E-state index is 5.74. The summed E-state index contributed by atoms with van der Waals surface area (Å²) in [5.74, 6) is 0.517. The molecule has 2 aromatic carbocycles. The molecule has 0 bridgehead atoms. The van der Waals surface area contributed by atoms with Gasteiger partial charge in [0.05, 0.1) is 34.9 Å². The average Bonchev–Trinajstić information content (AvgIpc) is 3.33. The van der Waals surface area contributed by atoms with E-state index in [4.69, 9.17) is 17.2 Å². The van der Waals surface area contributed by atoms with Gasteiger partial charge in [0.2, 0.25) is 4.77 Å². The quantitative estimate of drug-likeness (QED) is 0.509. The van der Waals surface area contributed by atoms with E-state index in [-0.39, 0.29) is 0 Å². The molecule has 4 aromatic rings. The van der Waals surface area contributed by atoms with E-state index < -0.39 is 0 Å². The van der Waals surface area contributed by atoms with E-state index >= 15 is 0 Å². The molecule has 1 fully saturated rings. The molecular weight excluding hydrogens is 398 g/mol. The minimum absolute atomic E-state index is 0.517. The number of fused-ring (bicyclic) bond motifs is 1. The van der Waals surface area contributed by atoms with Crippen LogP contribution in [0.3, 0.4) is 0 Å². The maximum Gasteiger partial charge on any atom is 0.207 e. The second-order valence-electron chi connectivity index (χ2n) is 7.79. The Hall–Kier alpha value is -2.35. The number of para-hydroxylation sites is 2. The zero-order chi connectivity index (χ0) is 19.8. The molecule has 0 radical (unpaired) electrons. The maximum absolute atomic E-state index is 5.74. The van der Waals surface area contributed by atoms with Crippen molar-refractivity contribution in [2.75, 3.05) is 13.1 Å². The summed E-state index contributed by atoms with van der Waals surface area (Å²) in [4.78, 5) is 6.43. The van der Waals surface area contributed by atoms with Crippen LogP contribution in [-0.2, 0) is 6.67 Å². The molecule has 1 aliphatic heterocycles. The number of rotatable bonds is 4. The van der Waals surface area contributed by atoms with Crippen LogP contribution >= 0.6 is 23.6 Å². The zero-order valence-corrected chi connectivity index (χ0v) is 18.0. The molecule has 1 saturated heterocycles. The molecule has 148 valence electrons. The normalized spacial score (nSPS) is 19.6. The molecule has 5 nitrogen and oxygen atoms in total. The van der Waals surface area contributed by atoms with Crippen LogP contribution in [0.1, 0.15) is 29.3 Å². The molecule has 0 aliphatic carbocycles. The van der Waals surface area contributed by atoms with Crippen molar-refractivity contribution < 1.29 is 4.90 Å². The Bertz CT molecular complexity index is 1170.